The minimum absolute atomic E-state index is 0.405. The lowest BCUT2D eigenvalue weighted by atomic mass is 10.1. The van der Waals surface area contributed by atoms with E-state index < -0.39 is 24.0 Å². The Morgan fingerprint density at radius 1 is 1.23 bits per heavy atom. The Morgan fingerprint density at radius 3 is 2.68 bits per heavy atom. The molecule has 1 aromatic carbocycles. The molecule has 0 aliphatic heterocycles. The Balaban J connectivity index is 1.93. The summed E-state index contributed by atoms with van der Waals surface area (Å²) in [6, 6.07) is 4.85. The molecule has 1 unspecified atom stereocenters. The number of esters is 1. The van der Waals surface area contributed by atoms with Crippen LogP contribution in [0.2, 0.25) is 0 Å². The third kappa shape index (κ3) is 3.84. The van der Waals surface area contributed by atoms with Crippen LogP contribution in [0.3, 0.4) is 0 Å². The van der Waals surface area contributed by atoms with Crippen molar-refractivity contribution >= 4 is 17.9 Å². The second kappa shape index (κ2) is 7.06. The average molecular weight is 304 g/mol. The van der Waals surface area contributed by atoms with E-state index >= 15 is 0 Å². The van der Waals surface area contributed by atoms with Gasteiger partial charge in [-0.2, -0.15) is 0 Å². The van der Waals surface area contributed by atoms with E-state index in [9.17, 15) is 14.4 Å². The standard InChI is InChI=1S/C16H20N2O4/c1-3-17-16(21)18-14(19)10(2)22-15(20)13-8-7-11-5-4-6-12(11)9-13/h7-10H,3-6H2,1-2H3,(H2,17,18,19,21). The van der Waals surface area contributed by atoms with Gasteiger partial charge in [0.15, 0.2) is 6.10 Å². The van der Waals surface area contributed by atoms with E-state index in [-0.39, 0.29) is 0 Å². The number of carbonyl (C=O) groups is 3. The molecule has 0 saturated carbocycles. The lowest BCUT2D eigenvalue weighted by Crippen LogP contribution is -2.44. The summed E-state index contributed by atoms with van der Waals surface area (Å²) in [6.45, 7) is 3.57. The van der Waals surface area contributed by atoms with Crippen LogP contribution in [-0.4, -0.2) is 30.6 Å². The van der Waals surface area contributed by atoms with Crippen molar-refractivity contribution < 1.29 is 19.1 Å². The zero-order chi connectivity index (χ0) is 16.1. The Kier molecular flexibility index (Phi) is 5.14. The lowest BCUT2D eigenvalue weighted by molar-refractivity contribution is -0.127. The van der Waals surface area contributed by atoms with Gasteiger partial charge in [0.05, 0.1) is 5.56 Å². The second-order valence-corrected chi connectivity index (χ2v) is 5.23. The van der Waals surface area contributed by atoms with Gasteiger partial charge in [0, 0.05) is 6.54 Å². The first-order valence-electron chi connectivity index (χ1n) is 7.42. The number of amides is 3. The smallest absolute Gasteiger partial charge is 0.338 e. The number of urea groups is 1. The van der Waals surface area contributed by atoms with Gasteiger partial charge in [-0.3, -0.25) is 10.1 Å². The third-order valence-corrected chi connectivity index (χ3v) is 3.56. The molecule has 2 N–H and O–H groups in total. The highest BCUT2D eigenvalue weighted by molar-refractivity contribution is 5.98. The number of benzene rings is 1. The first-order chi connectivity index (χ1) is 10.5. The molecular weight excluding hydrogens is 284 g/mol. The van der Waals surface area contributed by atoms with Crippen molar-refractivity contribution in [2.75, 3.05) is 6.54 Å². The molecule has 6 nitrogen and oxygen atoms in total. The minimum Gasteiger partial charge on any atom is -0.449 e. The predicted octanol–water partition coefficient (Wildman–Crippen LogP) is 1.57. The number of imide groups is 1. The minimum atomic E-state index is -1.04. The van der Waals surface area contributed by atoms with Crippen molar-refractivity contribution in [3.05, 3.63) is 34.9 Å². The van der Waals surface area contributed by atoms with Gasteiger partial charge in [-0.25, -0.2) is 9.59 Å². The average Bonchev–Trinajstić information content (AvgIpc) is 2.94. The van der Waals surface area contributed by atoms with Crippen molar-refractivity contribution in [1.82, 2.24) is 10.6 Å². The van der Waals surface area contributed by atoms with Gasteiger partial charge >= 0.3 is 12.0 Å². The zero-order valence-electron chi connectivity index (χ0n) is 12.8. The molecule has 0 spiro atoms. The van der Waals surface area contributed by atoms with Crippen LogP contribution in [0.15, 0.2) is 18.2 Å². The molecule has 0 radical (unpaired) electrons. The number of hydrogen-bond acceptors (Lipinski definition) is 4. The summed E-state index contributed by atoms with van der Waals surface area (Å²) in [6.07, 6.45) is 2.06. The topological polar surface area (TPSA) is 84.5 Å². The van der Waals surface area contributed by atoms with E-state index in [0.29, 0.717) is 12.1 Å². The van der Waals surface area contributed by atoms with E-state index in [0.717, 1.165) is 24.8 Å². The Morgan fingerprint density at radius 2 is 1.95 bits per heavy atom. The largest absolute Gasteiger partial charge is 0.449 e. The number of nitrogens with one attached hydrogen (secondary N) is 2. The fourth-order valence-corrected chi connectivity index (χ4v) is 2.40. The van der Waals surface area contributed by atoms with Crippen LogP contribution < -0.4 is 10.6 Å². The SMILES string of the molecule is CCNC(=O)NC(=O)C(C)OC(=O)c1ccc2c(c1)CCC2. The van der Waals surface area contributed by atoms with Crippen LogP contribution in [0, 0.1) is 0 Å². The fraction of sp³-hybridized carbons (Fsp3) is 0.438. The zero-order valence-corrected chi connectivity index (χ0v) is 12.8. The first kappa shape index (κ1) is 16.0. The molecule has 22 heavy (non-hydrogen) atoms. The maximum Gasteiger partial charge on any atom is 0.338 e. The van der Waals surface area contributed by atoms with E-state index in [2.05, 4.69) is 10.6 Å². The van der Waals surface area contributed by atoms with E-state index in [4.69, 9.17) is 4.74 Å². The van der Waals surface area contributed by atoms with Crippen LogP contribution in [0.1, 0.15) is 41.8 Å². The molecule has 3 amide bonds. The normalized spacial score (nSPS) is 13.9. The summed E-state index contributed by atoms with van der Waals surface area (Å²) in [5, 5.41) is 4.55. The number of carbonyl (C=O) groups excluding carboxylic acids is 3. The van der Waals surface area contributed by atoms with Gasteiger partial charge in [0.25, 0.3) is 5.91 Å². The van der Waals surface area contributed by atoms with E-state index in [1.807, 2.05) is 12.1 Å². The van der Waals surface area contributed by atoms with Crippen LogP contribution in [0.5, 0.6) is 0 Å². The molecular formula is C16H20N2O4. The molecule has 0 fully saturated rings. The molecule has 1 aliphatic carbocycles. The molecule has 2 rings (SSSR count). The maximum atomic E-state index is 12.1. The van der Waals surface area contributed by atoms with Gasteiger partial charge in [0.1, 0.15) is 0 Å². The molecule has 1 aliphatic rings. The van der Waals surface area contributed by atoms with Crippen molar-refractivity contribution in [2.45, 2.75) is 39.2 Å². The summed E-state index contributed by atoms with van der Waals surface area (Å²) in [5.41, 5.74) is 2.85. The monoisotopic (exact) mass is 304 g/mol. The molecule has 1 aromatic rings. The summed E-state index contributed by atoms with van der Waals surface area (Å²) >= 11 is 0. The van der Waals surface area contributed by atoms with Gasteiger partial charge in [-0.1, -0.05) is 6.07 Å². The van der Waals surface area contributed by atoms with Gasteiger partial charge in [-0.15, -0.1) is 0 Å². The Bertz CT molecular complexity index is 598. The molecule has 0 bridgehead atoms. The van der Waals surface area contributed by atoms with Crippen molar-refractivity contribution in [2.24, 2.45) is 0 Å². The van der Waals surface area contributed by atoms with E-state index in [1.54, 1.807) is 13.0 Å². The molecule has 6 heteroatoms. The van der Waals surface area contributed by atoms with Crippen molar-refractivity contribution in [1.29, 1.82) is 0 Å². The van der Waals surface area contributed by atoms with Crippen molar-refractivity contribution in [3.63, 3.8) is 0 Å². The molecule has 1 atom stereocenters. The second-order valence-electron chi connectivity index (χ2n) is 5.23. The highest BCUT2D eigenvalue weighted by Gasteiger charge is 2.21. The van der Waals surface area contributed by atoms with Gasteiger partial charge in [0.2, 0.25) is 0 Å². The van der Waals surface area contributed by atoms with Gasteiger partial charge in [-0.05, 0) is 56.4 Å². The van der Waals surface area contributed by atoms with Crippen molar-refractivity contribution in [3.8, 4) is 0 Å². The van der Waals surface area contributed by atoms with E-state index in [1.165, 1.54) is 12.5 Å². The maximum absolute atomic E-state index is 12.1. The summed E-state index contributed by atoms with van der Waals surface area (Å²) in [4.78, 5) is 35.1. The number of aryl methyl sites for hydroxylation is 2. The van der Waals surface area contributed by atoms with Crippen LogP contribution in [0.4, 0.5) is 4.79 Å². The number of fused-ring (bicyclic) bond motifs is 1. The summed E-state index contributed by atoms with van der Waals surface area (Å²) < 4.78 is 5.11. The summed E-state index contributed by atoms with van der Waals surface area (Å²) in [7, 11) is 0. The van der Waals surface area contributed by atoms with Crippen LogP contribution in [0.25, 0.3) is 0 Å². The first-order valence-corrected chi connectivity index (χ1v) is 7.42. The number of ether oxygens (including phenoxy) is 1. The predicted molar refractivity (Wildman–Crippen MR) is 80.6 cm³/mol. The van der Waals surface area contributed by atoms with Crippen LogP contribution >= 0.6 is 0 Å². The highest BCUT2D eigenvalue weighted by atomic mass is 16.5. The molecule has 0 aromatic heterocycles. The number of rotatable bonds is 4. The number of hydrogen-bond donors (Lipinski definition) is 2. The highest BCUT2D eigenvalue weighted by Crippen LogP contribution is 2.23. The third-order valence-electron chi connectivity index (χ3n) is 3.56. The summed E-state index contributed by atoms with van der Waals surface area (Å²) in [5.74, 6) is -1.21. The Labute approximate surface area is 129 Å². The lowest BCUT2D eigenvalue weighted by Gasteiger charge is -2.13. The Hall–Kier alpha value is -2.37. The molecule has 0 heterocycles. The molecule has 0 saturated heterocycles. The molecule has 118 valence electrons. The van der Waals surface area contributed by atoms with Gasteiger partial charge < -0.3 is 10.1 Å². The quantitative estimate of drug-likeness (QED) is 0.827. The fourth-order valence-electron chi connectivity index (χ4n) is 2.40. The van der Waals surface area contributed by atoms with Crippen LogP contribution in [-0.2, 0) is 22.4 Å².